The second kappa shape index (κ2) is 2.81. The number of carbonyl (C=O) groups excluding carboxylic acids is 1. The minimum absolute atomic E-state index is 0.00206. The van der Waals surface area contributed by atoms with Gasteiger partial charge in [-0.15, -0.1) is 0 Å². The molecule has 13 heavy (non-hydrogen) atoms. The van der Waals surface area contributed by atoms with Crippen LogP contribution in [0.3, 0.4) is 0 Å². The maximum absolute atomic E-state index is 11.5. The van der Waals surface area contributed by atoms with E-state index in [0.29, 0.717) is 0 Å². The van der Waals surface area contributed by atoms with Crippen molar-refractivity contribution >= 4 is 5.78 Å². The molecule has 0 aromatic carbocycles. The normalized spacial score (nSPS) is 26.2. The van der Waals surface area contributed by atoms with Gasteiger partial charge in [0.15, 0.2) is 5.78 Å². The second-order valence-electron chi connectivity index (χ2n) is 4.05. The Hall–Kier alpha value is -0.890. The van der Waals surface area contributed by atoms with Crippen LogP contribution in [0.5, 0.6) is 0 Å². The lowest BCUT2D eigenvalue weighted by atomic mass is 9.85. The fourth-order valence-corrected chi connectivity index (χ4v) is 2.29. The first kappa shape index (κ1) is 8.70. The van der Waals surface area contributed by atoms with E-state index in [9.17, 15) is 4.79 Å². The van der Waals surface area contributed by atoms with E-state index >= 15 is 0 Å². The van der Waals surface area contributed by atoms with Gasteiger partial charge in [-0.05, 0) is 44.4 Å². The lowest BCUT2D eigenvalue weighted by Crippen LogP contribution is -2.38. The van der Waals surface area contributed by atoms with Gasteiger partial charge in [-0.1, -0.05) is 12.2 Å². The molecule has 1 spiro atoms. The third-order valence-electron chi connectivity index (χ3n) is 2.89. The standard InChI is InChI=1S/C11H15NO/c1-8-6-11(4-3-5-12-11)7-9(2)10(8)13/h6-7,12H,3-5H2,1-2H3. The summed E-state index contributed by atoms with van der Waals surface area (Å²) in [5.41, 5.74) is 1.77. The van der Waals surface area contributed by atoms with Crippen LogP contribution in [0, 0.1) is 0 Å². The molecule has 0 amide bonds. The fraction of sp³-hybridized carbons (Fsp3) is 0.545. The van der Waals surface area contributed by atoms with Crippen molar-refractivity contribution in [2.45, 2.75) is 32.2 Å². The molecule has 0 atom stereocenters. The Morgan fingerprint density at radius 3 is 2.38 bits per heavy atom. The summed E-state index contributed by atoms with van der Waals surface area (Å²) in [6.45, 7) is 4.86. The molecule has 1 N–H and O–H groups in total. The summed E-state index contributed by atoms with van der Waals surface area (Å²) in [6.07, 6.45) is 6.47. The van der Waals surface area contributed by atoms with Gasteiger partial charge in [-0.2, -0.15) is 0 Å². The molecule has 2 rings (SSSR count). The van der Waals surface area contributed by atoms with Gasteiger partial charge in [0.1, 0.15) is 0 Å². The van der Waals surface area contributed by atoms with E-state index < -0.39 is 0 Å². The Balaban J connectivity index is 2.38. The first-order valence-corrected chi connectivity index (χ1v) is 4.82. The van der Waals surface area contributed by atoms with Gasteiger partial charge in [-0.3, -0.25) is 4.79 Å². The van der Waals surface area contributed by atoms with E-state index in [2.05, 4.69) is 17.5 Å². The number of carbonyl (C=O) groups is 1. The molecule has 1 fully saturated rings. The Bertz CT molecular complexity index is 282. The Morgan fingerprint density at radius 1 is 1.31 bits per heavy atom. The molecular weight excluding hydrogens is 162 g/mol. The van der Waals surface area contributed by atoms with E-state index in [1.807, 2.05) is 13.8 Å². The van der Waals surface area contributed by atoms with Crippen molar-refractivity contribution in [3.63, 3.8) is 0 Å². The van der Waals surface area contributed by atoms with E-state index in [4.69, 9.17) is 0 Å². The fourth-order valence-electron chi connectivity index (χ4n) is 2.29. The minimum atomic E-state index is 0.00206. The number of Topliss-reactive ketones (excluding diaryl/α,β-unsaturated/α-hetero) is 1. The van der Waals surface area contributed by atoms with Crippen LogP contribution in [0.1, 0.15) is 26.7 Å². The van der Waals surface area contributed by atoms with Crippen LogP contribution in [0.2, 0.25) is 0 Å². The molecule has 2 heteroatoms. The molecule has 0 radical (unpaired) electrons. The van der Waals surface area contributed by atoms with Crippen LogP contribution in [-0.2, 0) is 4.79 Å². The molecule has 1 heterocycles. The predicted octanol–water partition coefficient (Wildman–Crippen LogP) is 1.58. The van der Waals surface area contributed by atoms with Crippen LogP contribution in [-0.4, -0.2) is 17.9 Å². The number of hydrogen-bond acceptors (Lipinski definition) is 2. The van der Waals surface area contributed by atoms with Gasteiger partial charge in [0.25, 0.3) is 0 Å². The van der Waals surface area contributed by atoms with Crippen LogP contribution in [0.25, 0.3) is 0 Å². The molecule has 2 nitrogen and oxygen atoms in total. The van der Waals surface area contributed by atoms with E-state index in [0.717, 1.165) is 24.1 Å². The SMILES string of the molecule is CC1=CC2(C=C(C)C1=O)CCCN2. The smallest absolute Gasteiger partial charge is 0.183 e. The Labute approximate surface area is 78.7 Å². The summed E-state index contributed by atoms with van der Waals surface area (Å²) >= 11 is 0. The molecule has 1 aliphatic heterocycles. The van der Waals surface area contributed by atoms with Crippen molar-refractivity contribution < 1.29 is 4.79 Å². The van der Waals surface area contributed by atoms with Crippen LogP contribution in [0.4, 0.5) is 0 Å². The third kappa shape index (κ3) is 1.35. The highest BCUT2D eigenvalue weighted by molar-refractivity contribution is 6.08. The van der Waals surface area contributed by atoms with Gasteiger partial charge in [0.05, 0.1) is 5.54 Å². The zero-order valence-corrected chi connectivity index (χ0v) is 8.18. The minimum Gasteiger partial charge on any atom is -0.305 e. The van der Waals surface area contributed by atoms with Crippen molar-refractivity contribution in [3.8, 4) is 0 Å². The highest BCUT2D eigenvalue weighted by Gasteiger charge is 2.33. The topological polar surface area (TPSA) is 29.1 Å². The summed E-state index contributed by atoms with van der Waals surface area (Å²) in [4.78, 5) is 11.5. The molecule has 1 aliphatic carbocycles. The molecule has 2 aliphatic rings. The van der Waals surface area contributed by atoms with E-state index in [-0.39, 0.29) is 11.3 Å². The molecule has 70 valence electrons. The van der Waals surface area contributed by atoms with Gasteiger partial charge < -0.3 is 5.32 Å². The average molecular weight is 177 g/mol. The van der Waals surface area contributed by atoms with Crippen LogP contribution in [0.15, 0.2) is 23.3 Å². The second-order valence-corrected chi connectivity index (χ2v) is 4.05. The van der Waals surface area contributed by atoms with Crippen LogP contribution >= 0.6 is 0 Å². The van der Waals surface area contributed by atoms with Gasteiger partial charge >= 0.3 is 0 Å². The summed E-state index contributed by atoms with van der Waals surface area (Å²) < 4.78 is 0. The van der Waals surface area contributed by atoms with Crippen LogP contribution < -0.4 is 5.32 Å². The molecule has 0 saturated carbocycles. The average Bonchev–Trinajstić information content (AvgIpc) is 2.49. The Kier molecular flexibility index (Phi) is 1.88. The maximum Gasteiger partial charge on any atom is 0.183 e. The molecule has 0 aromatic rings. The highest BCUT2D eigenvalue weighted by atomic mass is 16.1. The predicted molar refractivity (Wildman–Crippen MR) is 52.5 cm³/mol. The molecular formula is C11H15NO. The zero-order valence-electron chi connectivity index (χ0n) is 8.18. The van der Waals surface area contributed by atoms with Gasteiger partial charge in [0.2, 0.25) is 0 Å². The largest absolute Gasteiger partial charge is 0.305 e. The molecule has 0 unspecified atom stereocenters. The maximum atomic E-state index is 11.5. The van der Waals surface area contributed by atoms with Crippen molar-refractivity contribution in [2.75, 3.05) is 6.54 Å². The number of allylic oxidation sites excluding steroid dienone is 2. The summed E-state index contributed by atoms with van der Waals surface area (Å²) in [5, 5.41) is 3.45. The van der Waals surface area contributed by atoms with Crippen molar-refractivity contribution in [3.05, 3.63) is 23.3 Å². The molecule has 0 aromatic heterocycles. The third-order valence-corrected chi connectivity index (χ3v) is 2.89. The lowest BCUT2D eigenvalue weighted by molar-refractivity contribution is -0.112. The lowest BCUT2D eigenvalue weighted by Gasteiger charge is -2.27. The van der Waals surface area contributed by atoms with Gasteiger partial charge in [-0.25, -0.2) is 0 Å². The number of hydrogen-bond donors (Lipinski definition) is 1. The summed E-state index contributed by atoms with van der Waals surface area (Å²) in [6, 6.07) is 0. The van der Waals surface area contributed by atoms with Crippen molar-refractivity contribution in [1.82, 2.24) is 5.32 Å². The first-order chi connectivity index (χ1) is 6.13. The highest BCUT2D eigenvalue weighted by Crippen LogP contribution is 2.29. The van der Waals surface area contributed by atoms with Gasteiger partial charge in [0, 0.05) is 0 Å². The van der Waals surface area contributed by atoms with Crippen molar-refractivity contribution in [1.29, 1.82) is 0 Å². The number of ketones is 1. The summed E-state index contributed by atoms with van der Waals surface area (Å²) in [5.74, 6) is 0.194. The molecule has 1 saturated heterocycles. The Morgan fingerprint density at radius 2 is 1.92 bits per heavy atom. The number of nitrogens with one attached hydrogen (secondary N) is 1. The summed E-state index contributed by atoms with van der Waals surface area (Å²) in [7, 11) is 0. The van der Waals surface area contributed by atoms with E-state index in [1.165, 1.54) is 6.42 Å². The van der Waals surface area contributed by atoms with Crippen molar-refractivity contribution in [2.24, 2.45) is 0 Å². The monoisotopic (exact) mass is 177 g/mol. The number of rotatable bonds is 0. The van der Waals surface area contributed by atoms with E-state index in [1.54, 1.807) is 0 Å². The first-order valence-electron chi connectivity index (χ1n) is 4.82. The quantitative estimate of drug-likeness (QED) is 0.608. The molecule has 0 bridgehead atoms. The zero-order chi connectivity index (χ0) is 9.47.